The summed E-state index contributed by atoms with van der Waals surface area (Å²) in [6.07, 6.45) is 0. The van der Waals surface area contributed by atoms with Gasteiger partial charge in [0.1, 0.15) is 5.25 Å². The first-order valence-corrected chi connectivity index (χ1v) is 12.0. The topological polar surface area (TPSA) is 95.6 Å². The van der Waals surface area contributed by atoms with Gasteiger partial charge in [-0.15, -0.1) is 11.8 Å². The zero-order valence-electron chi connectivity index (χ0n) is 17.6. The van der Waals surface area contributed by atoms with Crippen LogP contribution in [0.1, 0.15) is 21.2 Å². The molecule has 1 atom stereocenters. The number of hydrazine groups is 1. The minimum Gasteiger partial charge on any atom is -0.272 e. The average Bonchev–Trinajstić information content (AvgIpc) is 2.82. The number of hydrogen-bond donors (Lipinski definition) is 2. The summed E-state index contributed by atoms with van der Waals surface area (Å²) in [6, 6.07) is 24.4. The van der Waals surface area contributed by atoms with Gasteiger partial charge in [-0.2, -0.15) is 0 Å². The summed E-state index contributed by atoms with van der Waals surface area (Å²) in [4.78, 5) is 26.4. The number of benzene rings is 3. The first-order valence-electron chi connectivity index (χ1n) is 9.68. The van der Waals surface area contributed by atoms with Gasteiger partial charge in [0, 0.05) is 24.6 Å². The lowest BCUT2D eigenvalue weighted by molar-refractivity contribution is -0.121. The van der Waals surface area contributed by atoms with Gasteiger partial charge in [-0.25, -0.2) is 12.7 Å². The van der Waals surface area contributed by atoms with Crippen molar-refractivity contribution < 1.29 is 18.0 Å². The highest BCUT2D eigenvalue weighted by Crippen LogP contribution is 2.35. The molecule has 0 radical (unpaired) electrons. The molecule has 2 amide bonds. The number of nitrogens with one attached hydrogen (secondary N) is 2. The number of nitrogens with zero attached hydrogens (tertiary/aromatic N) is 1. The van der Waals surface area contributed by atoms with E-state index in [1.54, 1.807) is 0 Å². The summed E-state index contributed by atoms with van der Waals surface area (Å²) in [7, 11) is -0.859. The highest BCUT2D eigenvalue weighted by Gasteiger charge is 2.23. The molecule has 1 unspecified atom stereocenters. The van der Waals surface area contributed by atoms with Crippen LogP contribution < -0.4 is 10.9 Å². The number of amides is 2. The molecule has 0 aliphatic heterocycles. The van der Waals surface area contributed by atoms with Crippen LogP contribution in [-0.4, -0.2) is 38.6 Å². The largest absolute Gasteiger partial charge is 0.272 e. The van der Waals surface area contributed by atoms with Crippen molar-refractivity contribution >= 4 is 33.6 Å². The van der Waals surface area contributed by atoms with Crippen molar-refractivity contribution in [2.24, 2.45) is 0 Å². The summed E-state index contributed by atoms with van der Waals surface area (Å²) < 4.78 is 25.7. The number of thioether (sulfide) groups is 1. The minimum absolute atomic E-state index is 0.0109. The molecule has 0 saturated carbocycles. The molecular weight excluding hydrogens is 446 g/mol. The molecule has 3 rings (SSSR count). The van der Waals surface area contributed by atoms with Gasteiger partial charge in [0.05, 0.1) is 4.90 Å². The monoisotopic (exact) mass is 469 g/mol. The molecule has 0 bridgehead atoms. The molecular formula is C23H23N3O4S2. The van der Waals surface area contributed by atoms with Crippen LogP contribution in [0.2, 0.25) is 0 Å². The maximum Gasteiger partial charge on any atom is 0.269 e. The van der Waals surface area contributed by atoms with Crippen LogP contribution in [0.5, 0.6) is 0 Å². The Morgan fingerprint density at radius 3 is 2.09 bits per heavy atom. The fourth-order valence-corrected chi connectivity index (χ4v) is 4.79. The lowest BCUT2D eigenvalue weighted by Gasteiger charge is -2.17. The van der Waals surface area contributed by atoms with Crippen LogP contribution in [-0.2, 0) is 14.8 Å². The predicted molar refractivity (Wildman–Crippen MR) is 124 cm³/mol. The van der Waals surface area contributed by atoms with Crippen molar-refractivity contribution in [1.29, 1.82) is 0 Å². The molecule has 0 aliphatic rings. The zero-order chi connectivity index (χ0) is 23.1. The van der Waals surface area contributed by atoms with Gasteiger partial charge in [-0.05, 0) is 35.9 Å². The van der Waals surface area contributed by atoms with E-state index in [-0.39, 0.29) is 10.5 Å². The van der Waals surface area contributed by atoms with Crippen LogP contribution in [0.3, 0.4) is 0 Å². The predicted octanol–water partition coefficient (Wildman–Crippen LogP) is 3.23. The second kappa shape index (κ2) is 10.4. The smallest absolute Gasteiger partial charge is 0.269 e. The molecule has 0 aliphatic carbocycles. The molecule has 0 fully saturated rings. The third-order valence-corrected chi connectivity index (χ3v) is 7.59. The van der Waals surface area contributed by atoms with Crippen LogP contribution in [0, 0.1) is 0 Å². The van der Waals surface area contributed by atoms with Gasteiger partial charge >= 0.3 is 0 Å². The first kappa shape index (κ1) is 23.5. The lowest BCUT2D eigenvalue weighted by atomic mass is 10.1. The Kier molecular flexibility index (Phi) is 7.68. The van der Waals surface area contributed by atoms with Gasteiger partial charge < -0.3 is 0 Å². The molecule has 0 saturated heterocycles. The van der Waals surface area contributed by atoms with E-state index >= 15 is 0 Å². The van der Waals surface area contributed by atoms with Crippen LogP contribution >= 0.6 is 11.8 Å². The number of sulfonamides is 1. The third-order valence-electron chi connectivity index (χ3n) is 4.51. The second-order valence-electron chi connectivity index (χ2n) is 6.98. The molecule has 9 heteroatoms. The number of carbonyl (C=O) groups is 2. The molecule has 3 aromatic rings. The van der Waals surface area contributed by atoms with E-state index in [0.29, 0.717) is 0 Å². The Balaban J connectivity index is 1.74. The molecule has 0 heterocycles. The van der Waals surface area contributed by atoms with Crippen molar-refractivity contribution in [1.82, 2.24) is 15.2 Å². The van der Waals surface area contributed by atoms with E-state index in [0.717, 1.165) is 14.8 Å². The van der Waals surface area contributed by atoms with E-state index in [9.17, 15) is 18.0 Å². The number of hydrogen-bond acceptors (Lipinski definition) is 5. The van der Waals surface area contributed by atoms with Crippen molar-refractivity contribution in [3.8, 4) is 0 Å². The van der Waals surface area contributed by atoms with Crippen molar-refractivity contribution in [3.63, 3.8) is 0 Å². The first-order chi connectivity index (χ1) is 15.3. The van der Waals surface area contributed by atoms with Gasteiger partial charge in [-0.1, -0.05) is 54.6 Å². The highest BCUT2D eigenvalue weighted by molar-refractivity contribution is 8.00. The molecule has 2 N–H and O–H groups in total. The molecule has 3 aromatic carbocycles. The van der Waals surface area contributed by atoms with E-state index in [4.69, 9.17) is 0 Å². The quantitative estimate of drug-likeness (QED) is 0.409. The van der Waals surface area contributed by atoms with Crippen LogP contribution in [0.25, 0.3) is 0 Å². The van der Waals surface area contributed by atoms with E-state index in [2.05, 4.69) is 10.9 Å². The maximum absolute atomic E-state index is 13.0. The summed E-state index contributed by atoms with van der Waals surface area (Å²) in [6.45, 7) is 0. The second-order valence-corrected chi connectivity index (χ2v) is 10.3. The van der Waals surface area contributed by atoms with Crippen LogP contribution in [0.4, 0.5) is 0 Å². The van der Waals surface area contributed by atoms with E-state index < -0.39 is 27.1 Å². The van der Waals surface area contributed by atoms with Gasteiger partial charge in [0.2, 0.25) is 10.0 Å². The van der Waals surface area contributed by atoms with Gasteiger partial charge in [-0.3, -0.25) is 20.4 Å². The molecule has 0 aromatic heterocycles. The Labute approximate surface area is 191 Å². The molecule has 166 valence electrons. The summed E-state index contributed by atoms with van der Waals surface area (Å²) in [5.74, 6) is -1.03. The van der Waals surface area contributed by atoms with Crippen LogP contribution in [0.15, 0.2) is 94.7 Å². The normalized spacial score (nSPS) is 12.2. The number of rotatable bonds is 7. The summed E-state index contributed by atoms with van der Waals surface area (Å²) in [5, 5.41) is -0.598. The van der Waals surface area contributed by atoms with E-state index in [1.165, 1.54) is 50.1 Å². The maximum atomic E-state index is 13.0. The highest BCUT2D eigenvalue weighted by atomic mass is 32.2. The zero-order valence-corrected chi connectivity index (χ0v) is 19.2. The Hall–Kier alpha value is -3.14. The average molecular weight is 470 g/mol. The minimum atomic E-state index is -3.69. The van der Waals surface area contributed by atoms with Crippen molar-refractivity contribution in [2.75, 3.05) is 14.1 Å². The van der Waals surface area contributed by atoms with Crippen molar-refractivity contribution in [2.45, 2.75) is 15.0 Å². The third kappa shape index (κ3) is 5.76. The summed E-state index contributed by atoms with van der Waals surface area (Å²) >= 11 is 1.36. The lowest BCUT2D eigenvalue weighted by Crippen LogP contribution is -2.43. The standard InChI is InChI=1S/C23H23N3O4S2/c1-26(2)32(29,30)20-15-9-12-18(16-20)22(27)24-25-23(28)21(17-10-5-3-6-11-17)31-19-13-7-4-8-14-19/h3-16,21H,1-2H3,(H,24,27)(H,25,28). The van der Waals surface area contributed by atoms with E-state index in [1.807, 2.05) is 60.7 Å². The Morgan fingerprint density at radius 2 is 1.47 bits per heavy atom. The fraction of sp³-hybridized carbons (Fsp3) is 0.130. The van der Waals surface area contributed by atoms with Crippen molar-refractivity contribution in [3.05, 3.63) is 96.1 Å². The molecule has 7 nitrogen and oxygen atoms in total. The SMILES string of the molecule is CN(C)S(=O)(=O)c1cccc(C(=O)NNC(=O)C(Sc2ccccc2)c2ccccc2)c1. The van der Waals surface area contributed by atoms with Gasteiger partial charge in [0.15, 0.2) is 0 Å². The Morgan fingerprint density at radius 1 is 0.844 bits per heavy atom. The van der Waals surface area contributed by atoms with Gasteiger partial charge in [0.25, 0.3) is 11.8 Å². The Bertz CT molecular complexity index is 1180. The fourth-order valence-electron chi connectivity index (χ4n) is 2.80. The summed E-state index contributed by atoms with van der Waals surface area (Å²) in [5.41, 5.74) is 5.74. The molecule has 0 spiro atoms. The number of carbonyl (C=O) groups excluding carboxylic acids is 2. The molecule has 32 heavy (non-hydrogen) atoms.